The van der Waals surface area contributed by atoms with Gasteiger partial charge in [0.2, 0.25) is 5.91 Å². The van der Waals surface area contributed by atoms with Crippen LogP contribution in [0.25, 0.3) is 0 Å². The van der Waals surface area contributed by atoms with Crippen molar-refractivity contribution in [2.75, 3.05) is 6.61 Å². The van der Waals surface area contributed by atoms with Gasteiger partial charge in [0.25, 0.3) is 0 Å². The minimum absolute atomic E-state index is 0.160. The molecule has 0 spiro atoms. The van der Waals surface area contributed by atoms with Gasteiger partial charge in [-0.2, -0.15) is 0 Å². The number of amides is 1. The molecule has 0 bridgehead atoms. The molecule has 1 aromatic rings. The topological polar surface area (TPSA) is 86.6 Å². The number of aliphatic carboxylic acids is 1. The summed E-state index contributed by atoms with van der Waals surface area (Å²) in [6.07, 6.45) is -0.633. The van der Waals surface area contributed by atoms with Crippen LogP contribution in [0, 0.1) is 11.6 Å². The molecule has 7 heteroatoms. The Bertz CT molecular complexity index is 479. The highest BCUT2D eigenvalue weighted by Crippen LogP contribution is 2.11. The first-order chi connectivity index (χ1) is 8.95. The number of hydrogen-bond donors (Lipinski definition) is 3. The summed E-state index contributed by atoms with van der Waals surface area (Å²) in [6, 6.07) is 2.15. The molecular formula is C12H13F2NO4. The fraction of sp³-hybridized carbons (Fsp3) is 0.333. The van der Waals surface area contributed by atoms with Gasteiger partial charge in [-0.05, 0) is 6.07 Å². The normalized spacial score (nSPS) is 11.9. The standard InChI is InChI=1S/C12H13F2NO4/c13-8-3-1-2-7(11(8)14)6-10(17)15-9(4-5-16)12(18)19/h1-3,9,16H,4-6H2,(H,15,17)(H,18,19). The Morgan fingerprint density at radius 2 is 2.00 bits per heavy atom. The summed E-state index contributed by atoms with van der Waals surface area (Å²) >= 11 is 0. The van der Waals surface area contributed by atoms with Gasteiger partial charge in [-0.25, -0.2) is 13.6 Å². The van der Waals surface area contributed by atoms with E-state index in [-0.39, 0.29) is 12.0 Å². The molecule has 0 aromatic heterocycles. The summed E-state index contributed by atoms with van der Waals surface area (Å²) in [6.45, 7) is -0.411. The number of carbonyl (C=O) groups is 2. The lowest BCUT2D eigenvalue weighted by molar-refractivity contribution is -0.142. The van der Waals surface area contributed by atoms with Crippen LogP contribution in [0.5, 0.6) is 0 Å². The van der Waals surface area contributed by atoms with E-state index in [0.29, 0.717) is 0 Å². The van der Waals surface area contributed by atoms with Gasteiger partial charge in [0, 0.05) is 18.6 Å². The molecule has 0 saturated carbocycles. The van der Waals surface area contributed by atoms with E-state index >= 15 is 0 Å². The van der Waals surface area contributed by atoms with Crippen LogP contribution in [0.3, 0.4) is 0 Å². The second-order valence-electron chi connectivity index (χ2n) is 3.86. The number of rotatable bonds is 6. The van der Waals surface area contributed by atoms with Gasteiger partial charge >= 0.3 is 5.97 Å². The maximum atomic E-state index is 13.3. The van der Waals surface area contributed by atoms with Gasteiger partial charge in [0.15, 0.2) is 11.6 Å². The van der Waals surface area contributed by atoms with Crippen LogP contribution >= 0.6 is 0 Å². The third-order valence-electron chi connectivity index (χ3n) is 2.43. The molecule has 0 saturated heterocycles. The summed E-state index contributed by atoms with van der Waals surface area (Å²) in [4.78, 5) is 22.3. The summed E-state index contributed by atoms with van der Waals surface area (Å²) in [5.74, 6) is -4.27. The Labute approximate surface area is 107 Å². The number of aliphatic hydroxyl groups excluding tert-OH is 1. The molecule has 0 radical (unpaired) electrons. The second kappa shape index (κ2) is 6.79. The van der Waals surface area contributed by atoms with E-state index in [1.807, 2.05) is 0 Å². The van der Waals surface area contributed by atoms with Gasteiger partial charge < -0.3 is 15.5 Å². The zero-order valence-corrected chi connectivity index (χ0v) is 9.90. The van der Waals surface area contributed by atoms with Crippen LogP contribution in [-0.4, -0.2) is 34.7 Å². The Balaban J connectivity index is 2.69. The minimum Gasteiger partial charge on any atom is -0.480 e. The summed E-state index contributed by atoms with van der Waals surface area (Å²) < 4.78 is 26.2. The van der Waals surface area contributed by atoms with Crippen LogP contribution in [0.2, 0.25) is 0 Å². The predicted molar refractivity (Wildman–Crippen MR) is 61.3 cm³/mol. The van der Waals surface area contributed by atoms with E-state index in [1.165, 1.54) is 12.1 Å². The average molecular weight is 273 g/mol. The average Bonchev–Trinajstić information content (AvgIpc) is 2.34. The minimum atomic E-state index is -1.30. The van der Waals surface area contributed by atoms with Crippen LogP contribution in [0.15, 0.2) is 18.2 Å². The second-order valence-corrected chi connectivity index (χ2v) is 3.86. The van der Waals surface area contributed by atoms with Crippen molar-refractivity contribution in [3.63, 3.8) is 0 Å². The van der Waals surface area contributed by atoms with Crippen molar-refractivity contribution in [2.24, 2.45) is 0 Å². The van der Waals surface area contributed by atoms with Crippen molar-refractivity contribution in [3.05, 3.63) is 35.4 Å². The highest BCUT2D eigenvalue weighted by atomic mass is 19.2. The summed E-state index contributed by atoms with van der Waals surface area (Å²) in [5, 5.41) is 19.5. The van der Waals surface area contributed by atoms with Crippen LogP contribution in [0.4, 0.5) is 8.78 Å². The lowest BCUT2D eigenvalue weighted by atomic mass is 10.1. The van der Waals surface area contributed by atoms with Crippen molar-refractivity contribution in [1.82, 2.24) is 5.32 Å². The maximum Gasteiger partial charge on any atom is 0.326 e. The Hall–Kier alpha value is -2.02. The Morgan fingerprint density at radius 3 is 2.58 bits per heavy atom. The molecular weight excluding hydrogens is 260 g/mol. The van der Waals surface area contributed by atoms with E-state index in [4.69, 9.17) is 10.2 Å². The molecule has 104 valence electrons. The van der Waals surface area contributed by atoms with Crippen molar-refractivity contribution >= 4 is 11.9 Å². The number of carboxylic acid groups (broad SMARTS) is 1. The van der Waals surface area contributed by atoms with Gasteiger partial charge in [-0.15, -0.1) is 0 Å². The van der Waals surface area contributed by atoms with Gasteiger partial charge in [-0.3, -0.25) is 4.79 Å². The predicted octanol–water partition coefficient (Wildman–Crippen LogP) is 0.459. The largest absolute Gasteiger partial charge is 0.480 e. The lowest BCUT2D eigenvalue weighted by Gasteiger charge is -2.13. The number of nitrogens with one attached hydrogen (secondary N) is 1. The maximum absolute atomic E-state index is 13.3. The number of carboxylic acids is 1. The first-order valence-corrected chi connectivity index (χ1v) is 5.51. The molecule has 0 fully saturated rings. The number of aliphatic hydroxyl groups is 1. The Kier molecular flexibility index (Phi) is 5.37. The molecule has 1 atom stereocenters. The molecule has 1 unspecified atom stereocenters. The van der Waals surface area contributed by atoms with Crippen LogP contribution in [0.1, 0.15) is 12.0 Å². The lowest BCUT2D eigenvalue weighted by Crippen LogP contribution is -2.42. The molecule has 0 aliphatic rings. The molecule has 19 heavy (non-hydrogen) atoms. The fourth-order valence-electron chi connectivity index (χ4n) is 1.49. The highest BCUT2D eigenvalue weighted by molar-refractivity contribution is 5.84. The number of hydrogen-bond acceptors (Lipinski definition) is 3. The van der Waals surface area contributed by atoms with Crippen molar-refractivity contribution in [1.29, 1.82) is 0 Å². The van der Waals surface area contributed by atoms with E-state index < -0.39 is 42.6 Å². The smallest absolute Gasteiger partial charge is 0.326 e. The molecule has 1 amide bonds. The number of carbonyl (C=O) groups excluding carboxylic acids is 1. The quantitative estimate of drug-likeness (QED) is 0.702. The molecule has 5 nitrogen and oxygen atoms in total. The third-order valence-corrected chi connectivity index (χ3v) is 2.43. The first kappa shape index (κ1) is 15.0. The van der Waals surface area contributed by atoms with Crippen molar-refractivity contribution in [3.8, 4) is 0 Å². The molecule has 1 rings (SSSR count). The monoisotopic (exact) mass is 273 g/mol. The van der Waals surface area contributed by atoms with Gasteiger partial charge in [0.1, 0.15) is 6.04 Å². The van der Waals surface area contributed by atoms with Gasteiger partial charge in [-0.1, -0.05) is 12.1 Å². The summed E-state index contributed by atoms with van der Waals surface area (Å²) in [5.41, 5.74) is -0.161. The van der Waals surface area contributed by atoms with Crippen LogP contribution < -0.4 is 5.32 Å². The molecule has 1 aromatic carbocycles. The number of benzene rings is 1. The van der Waals surface area contributed by atoms with Crippen molar-refractivity contribution in [2.45, 2.75) is 18.9 Å². The zero-order chi connectivity index (χ0) is 14.4. The fourth-order valence-corrected chi connectivity index (χ4v) is 1.49. The van der Waals surface area contributed by atoms with E-state index in [1.54, 1.807) is 0 Å². The van der Waals surface area contributed by atoms with Crippen LogP contribution in [-0.2, 0) is 16.0 Å². The Morgan fingerprint density at radius 1 is 1.32 bits per heavy atom. The van der Waals surface area contributed by atoms with E-state index in [9.17, 15) is 18.4 Å². The zero-order valence-electron chi connectivity index (χ0n) is 9.90. The SMILES string of the molecule is O=C(Cc1cccc(F)c1F)NC(CCO)C(=O)O. The van der Waals surface area contributed by atoms with Gasteiger partial charge in [0.05, 0.1) is 6.42 Å². The third kappa shape index (κ3) is 4.29. The van der Waals surface area contributed by atoms with E-state index in [2.05, 4.69) is 5.32 Å². The molecule has 3 N–H and O–H groups in total. The molecule has 0 aliphatic heterocycles. The number of halogens is 2. The molecule has 0 heterocycles. The first-order valence-electron chi connectivity index (χ1n) is 5.51. The van der Waals surface area contributed by atoms with Crippen molar-refractivity contribution < 1.29 is 28.6 Å². The highest BCUT2D eigenvalue weighted by Gasteiger charge is 2.20. The molecule has 0 aliphatic carbocycles. The van der Waals surface area contributed by atoms with E-state index in [0.717, 1.165) is 6.07 Å². The summed E-state index contributed by atoms with van der Waals surface area (Å²) in [7, 11) is 0.